The fourth-order valence-corrected chi connectivity index (χ4v) is 1.29. The minimum atomic E-state index is -0.0649. The third-order valence-corrected chi connectivity index (χ3v) is 1.96. The fourth-order valence-electron chi connectivity index (χ4n) is 0.939. The van der Waals surface area contributed by atoms with E-state index in [0.717, 1.165) is 10.0 Å². The lowest BCUT2D eigenvalue weighted by Crippen LogP contribution is -2.07. The average molecular weight is 231 g/mol. The summed E-state index contributed by atoms with van der Waals surface area (Å²) in [5.41, 5.74) is 6.63. The number of pyridine rings is 1. The summed E-state index contributed by atoms with van der Waals surface area (Å²) in [4.78, 5) is 4.07. The first-order valence-electron chi connectivity index (χ1n) is 3.60. The van der Waals surface area contributed by atoms with Crippen molar-refractivity contribution in [2.75, 3.05) is 7.11 Å². The number of hydrogen-bond acceptors (Lipinski definition) is 3. The molecule has 0 aliphatic carbocycles. The summed E-state index contributed by atoms with van der Waals surface area (Å²) in [6.45, 7) is 1.89. The molecule has 0 spiro atoms. The molecule has 3 nitrogen and oxygen atoms in total. The van der Waals surface area contributed by atoms with Gasteiger partial charge in [-0.3, -0.25) is 0 Å². The molecular formula is C8H11BrN2O. The first kappa shape index (κ1) is 9.48. The third-order valence-electron chi connectivity index (χ3n) is 1.53. The SMILES string of the molecule is COc1ncc(Br)cc1[C@@H](C)N. The number of halogens is 1. The van der Waals surface area contributed by atoms with Crippen molar-refractivity contribution in [2.24, 2.45) is 5.73 Å². The van der Waals surface area contributed by atoms with E-state index in [4.69, 9.17) is 10.5 Å². The maximum Gasteiger partial charge on any atom is 0.217 e. The van der Waals surface area contributed by atoms with E-state index in [-0.39, 0.29) is 6.04 Å². The highest BCUT2D eigenvalue weighted by molar-refractivity contribution is 9.10. The number of nitrogens with zero attached hydrogens (tertiary/aromatic N) is 1. The van der Waals surface area contributed by atoms with Crippen molar-refractivity contribution in [2.45, 2.75) is 13.0 Å². The maximum absolute atomic E-state index is 5.72. The highest BCUT2D eigenvalue weighted by Crippen LogP contribution is 2.23. The number of hydrogen-bond donors (Lipinski definition) is 1. The van der Waals surface area contributed by atoms with Crippen LogP contribution >= 0.6 is 15.9 Å². The summed E-state index contributed by atoms with van der Waals surface area (Å²) in [6.07, 6.45) is 1.69. The molecule has 0 aliphatic rings. The number of aromatic nitrogens is 1. The molecular weight excluding hydrogens is 220 g/mol. The monoisotopic (exact) mass is 230 g/mol. The second-order valence-corrected chi connectivity index (χ2v) is 3.46. The van der Waals surface area contributed by atoms with Gasteiger partial charge in [-0.2, -0.15) is 0 Å². The van der Waals surface area contributed by atoms with Gasteiger partial charge in [-0.1, -0.05) is 0 Å². The van der Waals surface area contributed by atoms with Crippen LogP contribution in [0.4, 0.5) is 0 Å². The molecule has 1 rings (SSSR count). The molecule has 0 saturated heterocycles. The van der Waals surface area contributed by atoms with Crippen LogP contribution in [0.15, 0.2) is 16.7 Å². The third kappa shape index (κ3) is 1.95. The van der Waals surface area contributed by atoms with Crippen LogP contribution in [-0.2, 0) is 0 Å². The summed E-state index contributed by atoms with van der Waals surface area (Å²) in [7, 11) is 1.59. The van der Waals surface area contributed by atoms with Crippen LogP contribution in [0.5, 0.6) is 5.88 Å². The van der Waals surface area contributed by atoms with Gasteiger partial charge >= 0.3 is 0 Å². The lowest BCUT2D eigenvalue weighted by atomic mass is 10.1. The van der Waals surface area contributed by atoms with Crippen LogP contribution in [0.1, 0.15) is 18.5 Å². The molecule has 1 aromatic heterocycles. The van der Waals surface area contributed by atoms with Crippen molar-refractivity contribution in [3.63, 3.8) is 0 Å². The molecule has 1 aromatic rings. The van der Waals surface area contributed by atoms with Crippen LogP contribution < -0.4 is 10.5 Å². The minimum Gasteiger partial charge on any atom is -0.481 e. The zero-order valence-electron chi connectivity index (χ0n) is 7.04. The van der Waals surface area contributed by atoms with Gasteiger partial charge in [-0.15, -0.1) is 0 Å². The first-order valence-corrected chi connectivity index (χ1v) is 4.39. The van der Waals surface area contributed by atoms with Crippen LogP contribution in [-0.4, -0.2) is 12.1 Å². The zero-order chi connectivity index (χ0) is 9.14. The van der Waals surface area contributed by atoms with Crippen molar-refractivity contribution in [3.8, 4) is 5.88 Å². The van der Waals surface area contributed by atoms with Crippen molar-refractivity contribution in [1.29, 1.82) is 0 Å². The summed E-state index contributed by atoms with van der Waals surface area (Å²) in [6, 6.07) is 1.85. The molecule has 0 saturated carbocycles. The Kier molecular flexibility index (Phi) is 3.05. The predicted molar refractivity (Wildman–Crippen MR) is 51.1 cm³/mol. The average Bonchev–Trinajstić information content (AvgIpc) is 2.04. The molecule has 0 radical (unpaired) electrons. The Morgan fingerprint density at radius 3 is 2.83 bits per heavy atom. The predicted octanol–water partition coefficient (Wildman–Crippen LogP) is 1.87. The molecule has 12 heavy (non-hydrogen) atoms. The van der Waals surface area contributed by atoms with Crippen LogP contribution in [0.2, 0.25) is 0 Å². The van der Waals surface area contributed by atoms with Gasteiger partial charge in [0.15, 0.2) is 0 Å². The van der Waals surface area contributed by atoms with Crippen LogP contribution in [0.3, 0.4) is 0 Å². The van der Waals surface area contributed by atoms with E-state index in [9.17, 15) is 0 Å². The molecule has 0 unspecified atom stereocenters. The van der Waals surface area contributed by atoms with E-state index in [1.807, 2.05) is 13.0 Å². The number of ether oxygens (including phenoxy) is 1. The molecule has 0 bridgehead atoms. The number of nitrogens with two attached hydrogens (primary N) is 1. The Hall–Kier alpha value is -0.610. The minimum absolute atomic E-state index is 0.0649. The number of rotatable bonds is 2. The Balaban J connectivity index is 3.12. The topological polar surface area (TPSA) is 48.1 Å². The van der Waals surface area contributed by atoms with E-state index in [1.165, 1.54) is 0 Å². The maximum atomic E-state index is 5.72. The van der Waals surface area contributed by atoms with Crippen molar-refractivity contribution >= 4 is 15.9 Å². The van der Waals surface area contributed by atoms with Crippen molar-refractivity contribution in [3.05, 3.63) is 22.3 Å². The normalized spacial score (nSPS) is 12.7. The molecule has 1 atom stereocenters. The van der Waals surface area contributed by atoms with E-state index in [2.05, 4.69) is 20.9 Å². The van der Waals surface area contributed by atoms with E-state index in [1.54, 1.807) is 13.3 Å². The summed E-state index contributed by atoms with van der Waals surface area (Å²) in [5.74, 6) is 0.591. The van der Waals surface area contributed by atoms with Gasteiger partial charge in [0, 0.05) is 22.3 Å². The molecule has 4 heteroatoms. The van der Waals surface area contributed by atoms with Gasteiger partial charge in [0.05, 0.1) is 7.11 Å². The van der Waals surface area contributed by atoms with Gasteiger partial charge < -0.3 is 10.5 Å². The second-order valence-electron chi connectivity index (χ2n) is 2.54. The van der Waals surface area contributed by atoms with Gasteiger partial charge in [0.2, 0.25) is 5.88 Å². The van der Waals surface area contributed by atoms with E-state index >= 15 is 0 Å². The quantitative estimate of drug-likeness (QED) is 0.845. The molecule has 0 fully saturated rings. The number of methoxy groups -OCH3 is 1. The largest absolute Gasteiger partial charge is 0.481 e. The highest BCUT2D eigenvalue weighted by Gasteiger charge is 2.08. The fraction of sp³-hybridized carbons (Fsp3) is 0.375. The molecule has 1 heterocycles. The van der Waals surface area contributed by atoms with E-state index < -0.39 is 0 Å². The molecule has 2 N–H and O–H groups in total. The Morgan fingerprint density at radius 2 is 2.33 bits per heavy atom. The van der Waals surface area contributed by atoms with E-state index in [0.29, 0.717) is 5.88 Å². The molecule has 0 amide bonds. The summed E-state index contributed by atoms with van der Waals surface area (Å²) >= 11 is 3.32. The molecule has 66 valence electrons. The highest BCUT2D eigenvalue weighted by atomic mass is 79.9. The Bertz CT molecular complexity index is 276. The van der Waals surface area contributed by atoms with Gasteiger partial charge in [0.25, 0.3) is 0 Å². The summed E-state index contributed by atoms with van der Waals surface area (Å²) in [5, 5.41) is 0. The van der Waals surface area contributed by atoms with Gasteiger partial charge in [0.1, 0.15) is 0 Å². The van der Waals surface area contributed by atoms with Gasteiger partial charge in [-0.25, -0.2) is 4.98 Å². The summed E-state index contributed by atoms with van der Waals surface area (Å²) < 4.78 is 5.96. The first-order chi connectivity index (χ1) is 5.65. The van der Waals surface area contributed by atoms with Crippen molar-refractivity contribution < 1.29 is 4.74 Å². The Labute approximate surface area is 80.1 Å². The smallest absolute Gasteiger partial charge is 0.217 e. The molecule has 0 aromatic carbocycles. The lowest BCUT2D eigenvalue weighted by Gasteiger charge is -2.09. The zero-order valence-corrected chi connectivity index (χ0v) is 8.63. The Morgan fingerprint density at radius 1 is 1.67 bits per heavy atom. The van der Waals surface area contributed by atoms with Gasteiger partial charge in [-0.05, 0) is 28.9 Å². The standard InChI is InChI=1S/C8H11BrN2O/c1-5(10)7-3-6(9)4-11-8(7)12-2/h3-5H,10H2,1-2H3/t5-/m1/s1. The second kappa shape index (κ2) is 3.87. The molecule has 0 aliphatic heterocycles. The van der Waals surface area contributed by atoms with Crippen molar-refractivity contribution in [1.82, 2.24) is 4.98 Å². The lowest BCUT2D eigenvalue weighted by molar-refractivity contribution is 0.389. The van der Waals surface area contributed by atoms with Crippen LogP contribution in [0.25, 0.3) is 0 Å². The van der Waals surface area contributed by atoms with Crippen LogP contribution in [0, 0.1) is 0 Å².